The van der Waals surface area contributed by atoms with E-state index in [9.17, 15) is 0 Å². The summed E-state index contributed by atoms with van der Waals surface area (Å²) in [6.07, 6.45) is 7.72. The van der Waals surface area contributed by atoms with E-state index in [1.54, 1.807) is 6.08 Å². The van der Waals surface area contributed by atoms with Crippen LogP contribution in [0.15, 0.2) is 42.6 Å². The normalized spacial score (nSPS) is 25.5. The number of nitrogens with zero attached hydrogens (tertiary/aromatic N) is 3. The van der Waals surface area contributed by atoms with Crippen molar-refractivity contribution in [1.82, 2.24) is 26.0 Å². The molecule has 1 fully saturated rings. The molecule has 2 rings (SSSR count). The fourth-order valence-electron chi connectivity index (χ4n) is 2.25. The Balaban J connectivity index is 2.07. The number of hydrogen-bond acceptors (Lipinski definition) is 5. The summed E-state index contributed by atoms with van der Waals surface area (Å²) in [7, 11) is 0. The van der Waals surface area contributed by atoms with Crippen molar-refractivity contribution in [1.29, 1.82) is 0 Å². The van der Waals surface area contributed by atoms with Gasteiger partial charge in [0.1, 0.15) is 5.84 Å². The van der Waals surface area contributed by atoms with Crippen molar-refractivity contribution >= 4 is 5.84 Å². The Bertz CT molecular complexity index is 383. The van der Waals surface area contributed by atoms with Crippen LogP contribution in [0.1, 0.15) is 0 Å². The van der Waals surface area contributed by atoms with Gasteiger partial charge in [0, 0.05) is 38.9 Å². The van der Waals surface area contributed by atoms with Gasteiger partial charge >= 0.3 is 0 Å². The van der Waals surface area contributed by atoms with E-state index in [4.69, 9.17) is 0 Å². The van der Waals surface area contributed by atoms with Crippen molar-refractivity contribution in [3.63, 3.8) is 0 Å². The lowest BCUT2D eigenvalue weighted by molar-refractivity contribution is 0.0232. The van der Waals surface area contributed by atoms with Gasteiger partial charge in [0.2, 0.25) is 0 Å². The summed E-state index contributed by atoms with van der Waals surface area (Å²) in [5.74, 6) is 0.894. The lowest BCUT2D eigenvalue weighted by Crippen LogP contribution is -2.65. The molecule has 0 aromatic heterocycles. The molecule has 3 N–H and O–H groups in total. The smallest absolute Gasteiger partial charge is 0.172 e. The summed E-state index contributed by atoms with van der Waals surface area (Å²) in [5.41, 5.74) is 3.32. The Morgan fingerprint density at radius 3 is 2.85 bits per heavy atom. The molecule has 0 aliphatic carbocycles. The largest absolute Gasteiger partial charge is 0.337 e. The van der Waals surface area contributed by atoms with Crippen LogP contribution in [0, 0.1) is 0 Å². The highest BCUT2D eigenvalue weighted by Crippen LogP contribution is 2.08. The van der Waals surface area contributed by atoms with Gasteiger partial charge in [0.25, 0.3) is 0 Å². The van der Waals surface area contributed by atoms with E-state index in [2.05, 4.69) is 44.1 Å². The molecule has 6 heteroatoms. The summed E-state index contributed by atoms with van der Waals surface area (Å²) in [6, 6.07) is 0. The van der Waals surface area contributed by atoms with Crippen LogP contribution in [0.4, 0.5) is 0 Å². The van der Waals surface area contributed by atoms with Crippen LogP contribution < -0.4 is 16.1 Å². The van der Waals surface area contributed by atoms with E-state index in [0.717, 1.165) is 38.6 Å². The third-order valence-corrected chi connectivity index (χ3v) is 3.24. The Morgan fingerprint density at radius 1 is 1.35 bits per heavy atom. The van der Waals surface area contributed by atoms with Crippen LogP contribution in [0.5, 0.6) is 0 Å². The van der Waals surface area contributed by atoms with Crippen LogP contribution in [0.3, 0.4) is 0 Å². The zero-order valence-electron chi connectivity index (χ0n) is 11.9. The van der Waals surface area contributed by atoms with Crippen molar-refractivity contribution in [2.75, 3.05) is 39.3 Å². The van der Waals surface area contributed by atoms with Crippen LogP contribution >= 0.6 is 0 Å². The van der Waals surface area contributed by atoms with Crippen molar-refractivity contribution in [2.45, 2.75) is 6.29 Å². The van der Waals surface area contributed by atoms with E-state index in [1.807, 2.05) is 18.4 Å². The summed E-state index contributed by atoms with van der Waals surface area (Å²) in [5, 5.41) is 8.90. The van der Waals surface area contributed by atoms with E-state index in [1.165, 1.54) is 0 Å². The molecule has 2 aliphatic heterocycles. The van der Waals surface area contributed by atoms with Gasteiger partial charge in [-0.25, -0.2) is 5.43 Å². The predicted octanol–water partition coefficient (Wildman–Crippen LogP) is -0.131. The van der Waals surface area contributed by atoms with E-state index < -0.39 is 0 Å². The van der Waals surface area contributed by atoms with Gasteiger partial charge in [0.15, 0.2) is 6.29 Å². The van der Waals surface area contributed by atoms with Crippen LogP contribution in [0.25, 0.3) is 0 Å². The van der Waals surface area contributed by atoms with Crippen molar-refractivity contribution in [3.8, 4) is 0 Å². The molecule has 0 radical (unpaired) electrons. The molecule has 0 amide bonds. The average molecular weight is 276 g/mol. The van der Waals surface area contributed by atoms with Crippen molar-refractivity contribution in [3.05, 3.63) is 37.6 Å². The topological polar surface area (TPSA) is 54.9 Å². The van der Waals surface area contributed by atoms with Gasteiger partial charge in [-0.3, -0.25) is 14.9 Å². The Kier molecular flexibility index (Phi) is 5.79. The second kappa shape index (κ2) is 7.84. The molecule has 110 valence electrons. The summed E-state index contributed by atoms with van der Waals surface area (Å²) in [6.45, 7) is 12.8. The molecular weight excluding hydrogens is 252 g/mol. The Hall–Kier alpha value is -1.63. The number of piperazine rings is 1. The number of hydrazine groups is 1. The minimum Gasteiger partial charge on any atom is -0.337 e. The molecule has 0 saturated carbocycles. The molecule has 0 aromatic carbocycles. The lowest BCUT2D eigenvalue weighted by Gasteiger charge is -2.43. The van der Waals surface area contributed by atoms with Gasteiger partial charge in [-0.2, -0.15) is 0 Å². The number of aliphatic imine (C=N–C) groups is 1. The summed E-state index contributed by atoms with van der Waals surface area (Å²) < 4.78 is 0. The first-order chi connectivity index (χ1) is 9.85. The molecule has 2 heterocycles. The number of amidine groups is 1. The van der Waals surface area contributed by atoms with E-state index in [0.29, 0.717) is 6.54 Å². The van der Waals surface area contributed by atoms with Crippen LogP contribution in [-0.4, -0.2) is 61.3 Å². The highest BCUT2D eigenvalue weighted by molar-refractivity contribution is 5.93. The first-order valence-corrected chi connectivity index (χ1v) is 7.02. The van der Waals surface area contributed by atoms with Crippen LogP contribution in [0.2, 0.25) is 0 Å². The van der Waals surface area contributed by atoms with Crippen molar-refractivity contribution < 1.29 is 0 Å². The van der Waals surface area contributed by atoms with Crippen LogP contribution in [-0.2, 0) is 0 Å². The highest BCUT2D eigenvalue weighted by atomic mass is 15.6. The first-order valence-electron chi connectivity index (χ1n) is 7.02. The fourth-order valence-corrected chi connectivity index (χ4v) is 2.25. The second-order valence-electron chi connectivity index (χ2n) is 4.69. The number of hydrogen-bond donors (Lipinski definition) is 3. The molecule has 0 bridgehead atoms. The number of nitrogens with one attached hydrogen (secondary N) is 3. The monoisotopic (exact) mass is 276 g/mol. The minimum absolute atomic E-state index is 0.0746. The summed E-state index contributed by atoms with van der Waals surface area (Å²) >= 11 is 0. The molecule has 2 aliphatic rings. The zero-order chi connectivity index (χ0) is 14.2. The Morgan fingerprint density at radius 2 is 2.15 bits per heavy atom. The third-order valence-electron chi connectivity index (χ3n) is 3.24. The zero-order valence-corrected chi connectivity index (χ0v) is 11.9. The van der Waals surface area contributed by atoms with E-state index in [-0.39, 0.29) is 6.29 Å². The molecule has 6 nitrogen and oxygen atoms in total. The molecule has 1 unspecified atom stereocenters. The average Bonchev–Trinajstić information content (AvgIpc) is 2.52. The maximum atomic E-state index is 4.45. The third kappa shape index (κ3) is 3.93. The number of rotatable bonds is 6. The lowest BCUT2D eigenvalue weighted by atomic mass is 10.3. The van der Waals surface area contributed by atoms with Gasteiger partial charge in [-0.15, -0.1) is 13.2 Å². The standard InChI is InChI=1S/C14H24N6/c1-3-6-16-13-5-10-20(17-7-4-2)14(18-13)19-11-8-15-9-12-19/h3-5,10,14-15,17H,1-2,6-9,11-12H2,(H,16,18). The van der Waals surface area contributed by atoms with Gasteiger partial charge in [-0.05, 0) is 6.08 Å². The summed E-state index contributed by atoms with van der Waals surface area (Å²) in [4.78, 5) is 6.83. The molecule has 0 aromatic rings. The molecule has 1 atom stereocenters. The quantitative estimate of drug-likeness (QED) is 0.590. The molecule has 0 spiro atoms. The van der Waals surface area contributed by atoms with Crippen molar-refractivity contribution in [2.24, 2.45) is 4.99 Å². The maximum absolute atomic E-state index is 4.45. The Labute approximate surface area is 120 Å². The van der Waals surface area contributed by atoms with Gasteiger partial charge in [-0.1, -0.05) is 12.2 Å². The molecular formula is C14H24N6. The molecule has 20 heavy (non-hydrogen) atoms. The highest BCUT2D eigenvalue weighted by Gasteiger charge is 2.27. The second-order valence-corrected chi connectivity index (χ2v) is 4.69. The van der Waals surface area contributed by atoms with E-state index >= 15 is 0 Å². The minimum atomic E-state index is 0.0746. The predicted molar refractivity (Wildman–Crippen MR) is 83.0 cm³/mol. The fraction of sp³-hybridized carbons (Fsp3) is 0.500. The maximum Gasteiger partial charge on any atom is 0.172 e. The van der Waals surface area contributed by atoms with Gasteiger partial charge < -0.3 is 10.6 Å². The van der Waals surface area contributed by atoms with Gasteiger partial charge in [0.05, 0.1) is 6.54 Å². The molecule has 1 saturated heterocycles. The first kappa shape index (κ1) is 14.8. The SMILES string of the molecule is C=CCN=C1C=CN(NCC=C)C(N2CCNCC2)N1.